The molecule has 0 bridgehead atoms. The highest BCUT2D eigenvalue weighted by atomic mass is 16.5. The number of benzene rings is 1. The van der Waals surface area contributed by atoms with Crippen LogP contribution in [-0.2, 0) is 0 Å². The zero-order valence-electron chi connectivity index (χ0n) is 16.2. The van der Waals surface area contributed by atoms with E-state index < -0.39 is 0 Å². The van der Waals surface area contributed by atoms with Gasteiger partial charge in [-0.2, -0.15) is 0 Å². The highest BCUT2D eigenvalue weighted by Gasteiger charge is 2.22. The van der Waals surface area contributed by atoms with Gasteiger partial charge in [-0.25, -0.2) is 4.68 Å². The minimum absolute atomic E-state index is 0.221. The molecule has 3 N–H and O–H groups in total. The summed E-state index contributed by atoms with van der Waals surface area (Å²) in [6.07, 6.45) is 1.95. The number of rotatable bonds is 7. The monoisotopic (exact) mass is 386 g/mol. The summed E-state index contributed by atoms with van der Waals surface area (Å²) in [6.45, 7) is 4.36. The number of ether oxygens (including phenoxy) is 1. The van der Waals surface area contributed by atoms with Gasteiger partial charge >= 0.3 is 0 Å². The fourth-order valence-corrected chi connectivity index (χ4v) is 3.25. The summed E-state index contributed by atoms with van der Waals surface area (Å²) in [5.41, 5.74) is 1.61. The maximum atomic E-state index is 12.4. The van der Waals surface area contributed by atoms with Crippen LogP contribution in [0.5, 0.6) is 5.75 Å². The van der Waals surface area contributed by atoms with Crippen LogP contribution < -0.4 is 20.7 Å². The summed E-state index contributed by atoms with van der Waals surface area (Å²) in [5.74, 6) is 0.114. The largest absolute Gasteiger partial charge is 0.497 e. The highest BCUT2D eigenvalue weighted by Crippen LogP contribution is 2.20. The van der Waals surface area contributed by atoms with Crippen molar-refractivity contribution in [3.05, 3.63) is 41.2 Å². The van der Waals surface area contributed by atoms with E-state index in [4.69, 9.17) is 4.74 Å². The number of hydrogen-bond acceptors (Lipinski definition) is 6. The fraction of sp³-hybridized carbons (Fsp3) is 0.474. The van der Waals surface area contributed by atoms with Gasteiger partial charge in [-0.1, -0.05) is 11.3 Å². The third-order valence-electron chi connectivity index (χ3n) is 4.83. The van der Waals surface area contributed by atoms with Crippen LogP contribution in [-0.4, -0.2) is 60.1 Å². The van der Waals surface area contributed by atoms with Gasteiger partial charge in [0.2, 0.25) is 0 Å². The first kappa shape index (κ1) is 19.8. The van der Waals surface area contributed by atoms with E-state index in [1.807, 2.05) is 11.6 Å². The number of nitrogens with one attached hydrogen (secondary N) is 3. The van der Waals surface area contributed by atoms with E-state index in [1.54, 1.807) is 31.4 Å². The van der Waals surface area contributed by atoms with Crippen molar-refractivity contribution in [2.45, 2.75) is 25.8 Å². The Morgan fingerprint density at radius 3 is 2.64 bits per heavy atom. The topological polar surface area (TPSA) is 110 Å². The van der Waals surface area contributed by atoms with Gasteiger partial charge in [0, 0.05) is 18.7 Å². The van der Waals surface area contributed by atoms with Crippen LogP contribution in [0.25, 0.3) is 0 Å². The van der Waals surface area contributed by atoms with Crippen molar-refractivity contribution < 1.29 is 14.3 Å². The SMILES string of the molecule is COc1cccc(C(=O)NCCNC(=O)c2nnn(C3CCNCC3)c2C)c1. The molecule has 2 heterocycles. The molecule has 28 heavy (non-hydrogen) atoms. The lowest BCUT2D eigenvalue weighted by atomic mass is 10.1. The Labute approximate surface area is 163 Å². The Balaban J connectivity index is 1.48. The molecule has 9 heteroatoms. The number of aromatic nitrogens is 3. The number of piperidine rings is 1. The van der Waals surface area contributed by atoms with E-state index in [0.29, 0.717) is 30.1 Å². The molecular formula is C19H26N6O3. The Morgan fingerprint density at radius 2 is 1.93 bits per heavy atom. The lowest BCUT2D eigenvalue weighted by Crippen LogP contribution is -2.35. The molecule has 1 fully saturated rings. The van der Waals surface area contributed by atoms with Crippen molar-refractivity contribution in [3.8, 4) is 5.75 Å². The van der Waals surface area contributed by atoms with E-state index >= 15 is 0 Å². The summed E-state index contributed by atoms with van der Waals surface area (Å²) in [5, 5.41) is 17.1. The zero-order chi connectivity index (χ0) is 19.9. The molecule has 150 valence electrons. The Kier molecular flexibility index (Phi) is 6.59. The predicted molar refractivity (Wildman–Crippen MR) is 104 cm³/mol. The van der Waals surface area contributed by atoms with Gasteiger partial charge in [-0.15, -0.1) is 5.10 Å². The minimum atomic E-state index is -0.284. The van der Waals surface area contributed by atoms with Gasteiger partial charge in [-0.3, -0.25) is 9.59 Å². The quantitative estimate of drug-likeness (QED) is 0.604. The van der Waals surface area contributed by atoms with Gasteiger partial charge in [0.05, 0.1) is 18.8 Å². The third-order valence-corrected chi connectivity index (χ3v) is 4.83. The van der Waals surface area contributed by atoms with Crippen molar-refractivity contribution >= 4 is 11.8 Å². The average Bonchev–Trinajstić information content (AvgIpc) is 3.13. The molecule has 1 aromatic carbocycles. The molecule has 0 atom stereocenters. The molecule has 0 saturated carbocycles. The van der Waals surface area contributed by atoms with E-state index in [0.717, 1.165) is 31.6 Å². The third kappa shape index (κ3) is 4.66. The smallest absolute Gasteiger partial charge is 0.273 e. The number of amides is 2. The summed E-state index contributed by atoms with van der Waals surface area (Å²) in [7, 11) is 1.55. The van der Waals surface area contributed by atoms with Crippen LogP contribution in [0.4, 0.5) is 0 Å². The summed E-state index contributed by atoms with van der Waals surface area (Å²) >= 11 is 0. The minimum Gasteiger partial charge on any atom is -0.497 e. The predicted octanol–water partition coefficient (Wildman–Crippen LogP) is 0.679. The molecule has 0 aliphatic carbocycles. The van der Waals surface area contributed by atoms with Gasteiger partial charge in [0.25, 0.3) is 11.8 Å². The van der Waals surface area contributed by atoms with Crippen LogP contribution in [0.1, 0.15) is 45.4 Å². The molecular weight excluding hydrogens is 360 g/mol. The van der Waals surface area contributed by atoms with Gasteiger partial charge in [0.1, 0.15) is 5.75 Å². The molecule has 1 saturated heterocycles. The summed E-state index contributed by atoms with van der Waals surface area (Å²) in [4.78, 5) is 24.5. The second kappa shape index (κ2) is 9.32. The first-order valence-electron chi connectivity index (χ1n) is 9.43. The van der Waals surface area contributed by atoms with Crippen molar-refractivity contribution in [1.29, 1.82) is 0 Å². The maximum Gasteiger partial charge on any atom is 0.273 e. The van der Waals surface area contributed by atoms with Crippen molar-refractivity contribution in [2.75, 3.05) is 33.3 Å². The van der Waals surface area contributed by atoms with Crippen LogP contribution in [0.2, 0.25) is 0 Å². The fourth-order valence-electron chi connectivity index (χ4n) is 3.25. The molecule has 1 aliphatic heterocycles. The molecule has 1 aliphatic rings. The molecule has 0 unspecified atom stereocenters. The number of hydrogen-bond donors (Lipinski definition) is 3. The summed E-state index contributed by atoms with van der Waals surface area (Å²) in [6, 6.07) is 7.17. The standard InChI is InChI=1S/C19H26N6O3/c1-13-17(23-24-25(13)15-6-8-20-9-7-15)19(27)22-11-10-21-18(26)14-4-3-5-16(12-14)28-2/h3-5,12,15,20H,6-11H2,1-2H3,(H,21,26)(H,22,27). The maximum absolute atomic E-state index is 12.4. The molecule has 3 rings (SSSR count). The van der Waals surface area contributed by atoms with Gasteiger partial charge in [0.15, 0.2) is 5.69 Å². The normalized spacial score (nSPS) is 14.5. The lowest BCUT2D eigenvalue weighted by molar-refractivity contribution is 0.0924. The molecule has 0 radical (unpaired) electrons. The van der Waals surface area contributed by atoms with Crippen molar-refractivity contribution in [2.24, 2.45) is 0 Å². The average molecular weight is 386 g/mol. The first-order chi connectivity index (χ1) is 13.6. The number of carbonyl (C=O) groups excluding carboxylic acids is 2. The van der Waals surface area contributed by atoms with Crippen LogP contribution in [0, 0.1) is 6.92 Å². The number of carbonyl (C=O) groups is 2. The van der Waals surface area contributed by atoms with E-state index in [-0.39, 0.29) is 17.9 Å². The molecule has 1 aromatic heterocycles. The number of nitrogens with zero attached hydrogens (tertiary/aromatic N) is 3. The molecule has 0 spiro atoms. The molecule has 9 nitrogen and oxygen atoms in total. The second-order valence-corrected chi connectivity index (χ2v) is 6.69. The van der Waals surface area contributed by atoms with E-state index in [2.05, 4.69) is 26.3 Å². The summed E-state index contributed by atoms with van der Waals surface area (Å²) < 4.78 is 6.96. The van der Waals surface area contributed by atoms with Crippen LogP contribution >= 0.6 is 0 Å². The van der Waals surface area contributed by atoms with Gasteiger partial charge in [-0.05, 0) is 51.1 Å². The zero-order valence-corrected chi connectivity index (χ0v) is 16.2. The first-order valence-corrected chi connectivity index (χ1v) is 9.43. The second-order valence-electron chi connectivity index (χ2n) is 6.69. The Hall–Kier alpha value is -2.94. The van der Waals surface area contributed by atoms with Crippen molar-refractivity contribution in [1.82, 2.24) is 30.9 Å². The lowest BCUT2D eigenvalue weighted by Gasteiger charge is -2.23. The van der Waals surface area contributed by atoms with E-state index in [1.165, 1.54) is 0 Å². The van der Waals surface area contributed by atoms with Crippen LogP contribution in [0.15, 0.2) is 24.3 Å². The Bertz CT molecular complexity index is 829. The molecule has 2 amide bonds. The molecule has 2 aromatic rings. The van der Waals surface area contributed by atoms with E-state index in [9.17, 15) is 9.59 Å². The Morgan fingerprint density at radius 1 is 1.21 bits per heavy atom. The van der Waals surface area contributed by atoms with Crippen LogP contribution in [0.3, 0.4) is 0 Å². The van der Waals surface area contributed by atoms with Crippen molar-refractivity contribution in [3.63, 3.8) is 0 Å². The highest BCUT2D eigenvalue weighted by molar-refractivity contribution is 5.95. The number of methoxy groups -OCH3 is 1. The van der Waals surface area contributed by atoms with Gasteiger partial charge < -0.3 is 20.7 Å².